The van der Waals surface area contributed by atoms with E-state index >= 15 is 0 Å². The number of halogens is 1. The van der Waals surface area contributed by atoms with Crippen molar-refractivity contribution in [3.8, 4) is 0 Å². The summed E-state index contributed by atoms with van der Waals surface area (Å²) in [6, 6.07) is 0. The van der Waals surface area contributed by atoms with Crippen LogP contribution in [0.15, 0.2) is 23.3 Å². The second-order valence-electron chi connectivity index (χ2n) is 0.676. The van der Waals surface area contributed by atoms with Crippen molar-refractivity contribution < 1.29 is 21.7 Å². The van der Waals surface area contributed by atoms with Crippen molar-refractivity contribution >= 4 is 9.69 Å². The van der Waals surface area contributed by atoms with E-state index in [1.54, 1.807) is 6.20 Å². The normalized spacial score (nSPS) is 6.71. The SMILES string of the molecule is [Cl][Zn].c1cocn1. The molecular formula is C3H3ClNOZn. The van der Waals surface area contributed by atoms with Gasteiger partial charge in [0.2, 0.25) is 0 Å². The fourth-order valence-corrected chi connectivity index (χ4v) is 0.176. The second kappa shape index (κ2) is 6.12. The fraction of sp³-hybridized carbons (Fsp3) is 0. The molecule has 4 heteroatoms. The third-order valence-corrected chi connectivity index (χ3v) is 0.347. The molecule has 0 aliphatic carbocycles. The molecule has 35 valence electrons. The van der Waals surface area contributed by atoms with Gasteiger partial charge in [0, 0.05) is 0 Å². The van der Waals surface area contributed by atoms with Crippen LogP contribution in [0.2, 0.25) is 0 Å². The Kier molecular flexibility index (Phi) is 6.23. The summed E-state index contributed by atoms with van der Waals surface area (Å²) in [5.74, 6) is 0. The van der Waals surface area contributed by atoms with Gasteiger partial charge in [-0.15, -0.1) is 0 Å². The van der Waals surface area contributed by atoms with Gasteiger partial charge in [0.25, 0.3) is 0 Å². The molecule has 0 bridgehead atoms. The zero-order valence-electron chi connectivity index (χ0n) is 3.67. The monoisotopic (exact) mass is 168 g/mol. The molecule has 0 saturated heterocycles. The van der Waals surface area contributed by atoms with Crippen LogP contribution in [-0.4, -0.2) is 4.98 Å². The van der Waals surface area contributed by atoms with E-state index in [2.05, 4.69) is 9.40 Å². The molecule has 0 fully saturated rings. The molecule has 0 amide bonds. The standard InChI is InChI=1S/C3H3NO.ClH.Zn/c1-2-5-3-4-1;;/h1-3H;1H;/q;;+1/p-1. The number of nitrogens with zero attached hydrogens (tertiary/aromatic N) is 1. The third-order valence-electron chi connectivity index (χ3n) is 0.347. The van der Waals surface area contributed by atoms with Crippen molar-refractivity contribution in [2.75, 3.05) is 0 Å². The summed E-state index contributed by atoms with van der Waals surface area (Å²) in [7, 11) is 4.76. The van der Waals surface area contributed by atoms with Crippen LogP contribution in [0.1, 0.15) is 0 Å². The van der Waals surface area contributed by atoms with Crippen molar-refractivity contribution in [1.82, 2.24) is 4.98 Å². The number of oxazole rings is 1. The Bertz CT molecular complexity index is 71.4. The minimum absolute atomic E-state index is 0.847. The van der Waals surface area contributed by atoms with Crippen molar-refractivity contribution in [1.29, 1.82) is 0 Å². The topological polar surface area (TPSA) is 26.0 Å². The van der Waals surface area contributed by atoms with Crippen LogP contribution < -0.4 is 0 Å². The first-order valence-electron chi connectivity index (χ1n) is 1.59. The minimum Gasteiger partial charge on any atom is -0.452 e. The smallest absolute Gasteiger partial charge is 0.180 e. The molecule has 0 unspecified atom stereocenters. The summed E-state index contributed by atoms with van der Waals surface area (Å²) in [6.07, 6.45) is 4.47. The largest absolute Gasteiger partial charge is 0.452 e. The van der Waals surface area contributed by atoms with Gasteiger partial charge < -0.3 is 4.42 Å². The third kappa shape index (κ3) is 3.97. The molecular weight excluding hydrogens is 167 g/mol. The average molecular weight is 170 g/mol. The van der Waals surface area contributed by atoms with E-state index in [1.165, 1.54) is 12.7 Å². The molecule has 1 aromatic heterocycles. The van der Waals surface area contributed by atoms with E-state index in [9.17, 15) is 0 Å². The molecule has 1 heterocycles. The Balaban J connectivity index is 0.000000162. The fourth-order valence-electron chi connectivity index (χ4n) is 0.176. The molecule has 1 aromatic rings. The van der Waals surface area contributed by atoms with E-state index in [0.29, 0.717) is 0 Å². The molecule has 0 aliphatic rings. The van der Waals surface area contributed by atoms with Gasteiger partial charge in [0.05, 0.1) is 6.20 Å². The first-order valence-corrected chi connectivity index (χ1v) is 5.49. The first kappa shape index (κ1) is 7.12. The molecule has 2 nitrogen and oxygen atoms in total. The summed E-state index contributed by atoms with van der Waals surface area (Å²) in [5.41, 5.74) is 0. The van der Waals surface area contributed by atoms with Crippen LogP contribution >= 0.6 is 9.69 Å². The summed E-state index contributed by atoms with van der Waals surface area (Å²) >= 11 is 0.847. The van der Waals surface area contributed by atoms with Gasteiger partial charge in [-0.2, -0.15) is 0 Å². The molecule has 0 N–H and O–H groups in total. The Hall–Kier alpha value is 0.123. The van der Waals surface area contributed by atoms with Gasteiger partial charge in [0.15, 0.2) is 6.39 Å². The summed E-state index contributed by atoms with van der Waals surface area (Å²) in [5, 5.41) is 0. The van der Waals surface area contributed by atoms with Gasteiger partial charge in [-0.05, 0) is 0 Å². The van der Waals surface area contributed by atoms with Crippen LogP contribution in [0.3, 0.4) is 0 Å². The van der Waals surface area contributed by atoms with Crippen LogP contribution in [0.25, 0.3) is 0 Å². The molecule has 0 aromatic carbocycles. The van der Waals surface area contributed by atoms with Crippen LogP contribution in [0.5, 0.6) is 0 Å². The number of aromatic nitrogens is 1. The predicted octanol–water partition coefficient (Wildman–Crippen LogP) is 1.36. The minimum atomic E-state index is 0.847. The van der Waals surface area contributed by atoms with Crippen molar-refractivity contribution in [2.24, 2.45) is 0 Å². The van der Waals surface area contributed by atoms with E-state index < -0.39 is 0 Å². The summed E-state index contributed by atoms with van der Waals surface area (Å²) in [4.78, 5) is 3.56. The molecule has 1 rings (SSSR count). The molecule has 0 saturated carbocycles. The van der Waals surface area contributed by atoms with E-state index in [4.69, 9.17) is 9.69 Å². The molecule has 7 heavy (non-hydrogen) atoms. The van der Waals surface area contributed by atoms with Gasteiger partial charge >= 0.3 is 27.0 Å². The first-order chi connectivity index (χ1) is 3.50. The maximum atomic E-state index is 4.76. The van der Waals surface area contributed by atoms with Gasteiger partial charge in [-0.25, -0.2) is 4.98 Å². The maximum absolute atomic E-state index is 4.76. The zero-order chi connectivity index (χ0) is 5.54. The Morgan fingerprint density at radius 2 is 2.29 bits per heavy atom. The number of hydrogen-bond acceptors (Lipinski definition) is 2. The Morgan fingerprint density at radius 3 is 2.43 bits per heavy atom. The van der Waals surface area contributed by atoms with E-state index in [1.807, 2.05) is 0 Å². The van der Waals surface area contributed by atoms with E-state index in [-0.39, 0.29) is 0 Å². The molecule has 0 aliphatic heterocycles. The Labute approximate surface area is 55.6 Å². The molecule has 0 radical (unpaired) electrons. The molecule has 0 spiro atoms. The quantitative estimate of drug-likeness (QED) is 0.549. The van der Waals surface area contributed by atoms with Crippen molar-refractivity contribution in [3.63, 3.8) is 0 Å². The van der Waals surface area contributed by atoms with Crippen LogP contribution in [0, 0.1) is 0 Å². The average Bonchev–Trinajstić information content (AvgIpc) is 2.23. The van der Waals surface area contributed by atoms with Gasteiger partial charge in [0.1, 0.15) is 6.26 Å². The van der Waals surface area contributed by atoms with E-state index in [0.717, 1.165) is 17.3 Å². The second-order valence-corrected chi connectivity index (χ2v) is 0.676. The Morgan fingerprint density at radius 1 is 1.57 bits per heavy atom. The van der Waals surface area contributed by atoms with Crippen molar-refractivity contribution in [3.05, 3.63) is 18.9 Å². The van der Waals surface area contributed by atoms with Gasteiger partial charge in [-0.1, -0.05) is 0 Å². The zero-order valence-corrected chi connectivity index (χ0v) is 7.40. The van der Waals surface area contributed by atoms with Crippen molar-refractivity contribution in [2.45, 2.75) is 0 Å². The summed E-state index contributed by atoms with van der Waals surface area (Å²) in [6.45, 7) is 0. The number of hydrogen-bond donors (Lipinski definition) is 0. The van der Waals surface area contributed by atoms with Gasteiger partial charge in [-0.3, -0.25) is 0 Å². The molecule has 0 atom stereocenters. The maximum Gasteiger partial charge on any atom is 0.180 e. The van der Waals surface area contributed by atoms with Crippen LogP contribution in [-0.2, 0) is 17.3 Å². The van der Waals surface area contributed by atoms with Crippen LogP contribution in [0.4, 0.5) is 0 Å². The summed E-state index contributed by atoms with van der Waals surface area (Å²) < 4.78 is 4.47. The number of rotatable bonds is 0. The predicted molar refractivity (Wildman–Crippen MR) is 22.4 cm³/mol.